The molecule has 0 aliphatic heterocycles. The fourth-order valence-corrected chi connectivity index (χ4v) is 1.40. The van der Waals surface area contributed by atoms with Crippen molar-refractivity contribution in [2.75, 3.05) is 19.6 Å². The number of rotatable bonds is 7. The summed E-state index contributed by atoms with van der Waals surface area (Å²) in [5.74, 6) is 0.723. The Morgan fingerprint density at radius 2 is 1.94 bits per heavy atom. The third-order valence-electron chi connectivity index (χ3n) is 2.33. The highest BCUT2D eigenvalue weighted by Crippen LogP contribution is 1.97. The lowest BCUT2D eigenvalue weighted by Crippen LogP contribution is -2.29. The normalized spacial score (nSPS) is 11.0. The van der Waals surface area contributed by atoms with Gasteiger partial charge < -0.3 is 10.6 Å². The third-order valence-corrected chi connectivity index (χ3v) is 2.33. The van der Waals surface area contributed by atoms with E-state index in [0.29, 0.717) is 0 Å². The van der Waals surface area contributed by atoms with Crippen LogP contribution in [0.3, 0.4) is 0 Å². The highest BCUT2D eigenvalue weighted by molar-refractivity contribution is 5.12. The van der Waals surface area contributed by atoms with Gasteiger partial charge in [-0.15, -0.1) is 0 Å². The molecule has 3 heteroatoms. The molecule has 3 nitrogen and oxygen atoms in total. The van der Waals surface area contributed by atoms with Crippen LogP contribution in [0.1, 0.15) is 25.1 Å². The molecule has 1 aromatic rings. The average Bonchev–Trinajstić information content (AvgIpc) is 2.25. The molecule has 16 heavy (non-hydrogen) atoms. The Balaban J connectivity index is 2.05. The largest absolute Gasteiger partial charge is 0.315 e. The van der Waals surface area contributed by atoms with E-state index in [1.165, 1.54) is 5.56 Å². The zero-order valence-electron chi connectivity index (χ0n) is 10.6. The molecule has 0 spiro atoms. The summed E-state index contributed by atoms with van der Waals surface area (Å²) in [5.41, 5.74) is 2.32. The molecule has 0 fully saturated rings. The molecule has 1 rings (SSSR count). The second-order valence-corrected chi connectivity index (χ2v) is 4.58. The Bertz CT molecular complexity index is 280. The Morgan fingerprint density at radius 1 is 1.19 bits per heavy atom. The second-order valence-electron chi connectivity index (χ2n) is 4.58. The molecule has 0 aliphatic rings. The van der Waals surface area contributed by atoms with Crippen molar-refractivity contribution in [3.8, 4) is 0 Å². The molecule has 0 aromatic carbocycles. The fourth-order valence-electron chi connectivity index (χ4n) is 1.40. The lowest BCUT2D eigenvalue weighted by Gasteiger charge is -2.08. The van der Waals surface area contributed by atoms with Crippen molar-refractivity contribution in [2.45, 2.75) is 27.3 Å². The molecule has 0 amide bonds. The third kappa shape index (κ3) is 5.83. The number of pyridine rings is 1. The molecule has 0 saturated carbocycles. The van der Waals surface area contributed by atoms with Gasteiger partial charge in [-0.1, -0.05) is 19.9 Å². The van der Waals surface area contributed by atoms with E-state index >= 15 is 0 Å². The molecule has 0 atom stereocenters. The van der Waals surface area contributed by atoms with Crippen molar-refractivity contribution >= 4 is 0 Å². The summed E-state index contributed by atoms with van der Waals surface area (Å²) in [6.45, 7) is 10.5. The van der Waals surface area contributed by atoms with Crippen molar-refractivity contribution in [1.29, 1.82) is 0 Å². The number of hydrogen-bond acceptors (Lipinski definition) is 3. The van der Waals surface area contributed by atoms with Crippen molar-refractivity contribution in [1.82, 2.24) is 15.6 Å². The second kappa shape index (κ2) is 7.36. The van der Waals surface area contributed by atoms with Gasteiger partial charge in [-0.25, -0.2) is 0 Å². The van der Waals surface area contributed by atoms with Crippen LogP contribution >= 0.6 is 0 Å². The summed E-state index contributed by atoms with van der Waals surface area (Å²) in [6, 6.07) is 4.17. The topological polar surface area (TPSA) is 37.0 Å². The van der Waals surface area contributed by atoms with Crippen LogP contribution in [-0.4, -0.2) is 24.6 Å². The molecule has 1 heterocycles. The lowest BCUT2D eigenvalue weighted by molar-refractivity contribution is 0.535. The Hall–Kier alpha value is -0.930. The van der Waals surface area contributed by atoms with Crippen molar-refractivity contribution in [3.05, 3.63) is 29.6 Å². The molecule has 1 aromatic heterocycles. The Kier molecular flexibility index (Phi) is 6.04. The summed E-state index contributed by atoms with van der Waals surface area (Å²) < 4.78 is 0. The van der Waals surface area contributed by atoms with Gasteiger partial charge in [0, 0.05) is 31.5 Å². The first-order valence-corrected chi connectivity index (χ1v) is 6.01. The van der Waals surface area contributed by atoms with Crippen LogP contribution in [-0.2, 0) is 6.54 Å². The van der Waals surface area contributed by atoms with Crippen LogP contribution in [0.25, 0.3) is 0 Å². The predicted octanol–water partition coefficient (Wildman–Crippen LogP) is 1.73. The number of nitrogens with one attached hydrogen (secondary N) is 2. The maximum Gasteiger partial charge on any atom is 0.0372 e. The minimum atomic E-state index is 0.723. The molecule has 0 aliphatic carbocycles. The minimum Gasteiger partial charge on any atom is -0.315 e. The first-order chi connectivity index (χ1) is 7.68. The highest BCUT2D eigenvalue weighted by atomic mass is 14.9. The van der Waals surface area contributed by atoms with Gasteiger partial charge in [0.1, 0.15) is 0 Å². The Labute approximate surface area is 98.7 Å². The van der Waals surface area contributed by atoms with Crippen LogP contribution in [0.2, 0.25) is 0 Å². The van der Waals surface area contributed by atoms with Gasteiger partial charge in [0.15, 0.2) is 0 Å². The molecular weight excluding hydrogens is 198 g/mol. The first kappa shape index (κ1) is 13.1. The van der Waals surface area contributed by atoms with Gasteiger partial charge in [0.25, 0.3) is 0 Å². The van der Waals surface area contributed by atoms with Gasteiger partial charge in [0.2, 0.25) is 0 Å². The number of aromatic nitrogens is 1. The smallest absolute Gasteiger partial charge is 0.0372 e. The van der Waals surface area contributed by atoms with E-state index in [-0.39, 0.29) is 0 Å². The lowest BCUT2D eigenvalue weighted by atomic mass is 10.2. The maximum atomic E-state index is 4.26. The van der Waals surface area contributed by atoms with Crippen LogP contribution < -0.4 is 10.6 Å². The SMILES string of the molecule is Cc1ccc(CNCCNCC(C)C)cn1. The molecule has 0 saturated heterocycles. The van der Waals surface area contributed by atoms with E-state index in [0.717, 1.165) is 37.8 Å². The predicted molar refractivity (Wildman–Crippen MR) is 68.4 cm³/mol. The van der Waals surface area contributed by atoms with Gasteiger partial charge in [-0.05, 0) is 31.0 Å². The van der Waals surface area contributed by atoms with Gasteiger partial charge in [-0.3, -0.25) is 4.98 Å². The van der Waals surface area contributed by atoms with Crippen molar-refractivity contribution in [3.63, 3.8) is 0 Å². The minimum absolute atomic E-state index is 0.723. The highest BCUT2D eigenvalue weighted by Gasteiger charge is 1.94. The van der Waals surface area contributed by atoms with E-state index in [9.17, 15) is 0 Å². The van der Waals surface area contributed by atoms with E-state index < -0.39 is 0 Å². The fraction of sp³-hybridized carbons (Fsp3) is 0.615. The van der Waals surface area contributed by atoms with E-state index in [1.807, 2.05) is 19.2 Å². The van der Waals surface area contributed by atoms with Crippen molar-refractivity contribution in [2.24, 2.45) is 5.92 Å². The zero-order valence-corrected chi connectivity index (χ0v) is 10.6. The average molecular weight is 221 g/mol. The monoisotopic (exact) mass is 221 g/mol. The standard InChI is InChI=1S/C13H23N3/c1-11(2)8-14-6-7-15-9-13-5-4-12(3)16-10-13/h4-5,10-11,14-15H,6-9H2,1-3H3. The molecule has 0 radical (unpaired) electrons. The van der Waals surface area contributed by atoms with Crippen LogP contribution in [0.5, 0.6) is 0 Å². The van der Waals surface area contributed by atoms with Gasteiger partial charge in [0.05, 0.1) is 0 Å². The van der Waals surface area contributed by atoms with Gasteiger partial charge in [-0.2, -0.15) is 0 Å². The summed E-state index contributed by atoms with van der Waals surface area (Å²) in [5, 5.41) is 6.79. The van der Waals surface area contributed by atoms with E-state index in [2.05, 4.69) is 35.5 Å². The molecule has 0 unspecified atom stereocenters. The molecular formula is C13H23N3. The number of aryl methyl sites for hydroxylation is 1. The van der Waals surface area contributed by atoms with Crippen LogP contribution in [0, 0.1) is 12.8 Å². The summed E-state index contributed by atoms with van der Waals surface area (Å²) in [4.78, 5) is 4.26. The quantitative estimate of drug-likeness (QED) is 0.688. The summed E-state index contributed by atoms with van der Waals surface area (Å²) in [7, 11) is 0. The zero-order chi connectivity index (χ0) is 11.8. The van der Waals surface area contributed by atoms with Crippen LogP contribution in [0.15, 0.2) is 18.3 Å². The van der Waals surface area contributed by atoms with Crippen molar-refractivity contribution < 1.29 is 0 Å². The van der Waals surface area contributed by atoms with Gasteiger partial charge >= 0.3 is 0 Å². The van der Waals surface area contributed by atoms with Crippen LogP contribution in [0.4, 0.5) is 0 Å². The van der Waals surface area contributed by atoms with E-state index in [4.69, 9.17) is 0 Å². The Morgan fingerprint density at radius 3 is 2.56 bits per heavy atom. The van der Waals surface area contributed by atoms with E-state index in [1.54, 1.807) is 0 Å². The first-order valence-electron chi connectivity index (χ1n) is 6.01. The summed E-state index contributed by atoms with van der Waals surface area (Å²) >= 11 is 0. The maximum absolute atomic E-state index is 4.26. The molecule has 2 N–H and O–H groups in total. The summed E-state index contributed by atoms with van der Waals surface area (Å²) in [6.07, 6.45) is 1.93. The molecule has 90 valence electrons. The molecule has 0 bridgehead atoms. The number of nitrogens with zero attached hydrogens (tertiary/aromatic N) is 1. The number of hydrogen-bond donors (Lipinski definition) is 2.